The molecular weight excluding hydrogens is 394 g/mol. The van der Waals surface area contributed by atoms with Crippen molar-refractivity contribution in [3.05, 3.63) is 43.3 Å². The maximum absolute atomic E-state index is 12.7. The van der Waals surface area contributed by atoms with Gasteiger partial charge in [-0.3, -0.25) is 14.5 Å². The van der Waals surface area contributed by atoms with Gasteiger partial charge in [0.15, 0.2) is 0 Å². The van der Waals surface area contributed by atoms with Crippen molar-refractivity contribution >= 4 is 29.0 Å². The summed E-state index contributed by atoms with van der Waals surface area (Å²) in [6.07, 6.45) is 0.942. The van der Waals surface area contributed by atoms with E-state index in [9.17, 15) is 9.59 Å². The smallest absolute Gasteiger partial charge is 0.267 e. The van der Waals surface area contributed by atoms with Crippen LogP contribution < -0.4 is 5.56 Å². The van der Waals surface area contributed by atoms with Crippen LogP contribution in [0.3, 0.4) is 0 Å². The van der Waals surface area contributed by atoms with E-state index in [4.69, 9.17) is 0 Å². The Kier molecular flexibility index (Phi) is 5.84. The molecule has 0 unspecified atom stereocenters. The van der Waals surface area contributed by atoms with E-state index < -0.39 is 0 Å². The lowest BCUT2D eigenvalue weighted by atomic mass is 10.2. The highest BCUT2D eigenvalue weighted by atomic mass is 32.2. The van der Waals surface area contributed by atoms with Gasteiger partial charge in [-0.05, 0) is 25.2 Å². The van der Waals surface area contributed by atoms with Gasteiger partial charge in [-0.2, -0.15) is 16.9 Å². The number of piperazine rings is 1. The Morgan fingerprint density at radius 3 is 2.68 bits per heavy atom. The second kappa shape index (κ2) is 8.34. The van der Waals surface area contributed by atoms with Gasteiger partial charge >= 0.3 is 0 Å². The number of nitrogens with zero attached hydrogens (tertiary/aromatic N) is 5. The Balaban J connectivity index is 1.32. The van der Waals surface area contributed by atoms with Gasteiger partial charge in [-0.25, -0.2) is 9.67 Å². The summed E-state index contributed by atoms with van der Waals surface area (Å²) in [5.41, 5.74) is 2.99. The molecule has 1 saturated heterocycles. The van der Waals surface area contributed by atoms with E-state index in [0.29, 0.717) is 19.6 Å². The second-order valence-corrected chi connectivity index (χ2v) is 9.57. The van der Waals surface area contributed by atoms with Crippen LogP contribution in [-0.2, 0) is 18.7 Å². The molecule has 0 spiro atoms. The zero-order chi connectivity index (χ0) is 19.7. The fourth-order valence-electron chi connectivity index (χ4n) is 3.70. The molecule has 0 N–H and O–H groups in total. The molecule has 7 nitrogen and oxygen atoms in total. The van der Waals surface area contributed by atoms with E-state index in [1.807, 2.05) is 30.5 Å². The number of thiazole rings is 1. The minimum atomic E-state index is -0.00824. The number of aromatic nitrogens is 3. The van der Waals surface area contributed by atoms with Crippen molar-refractivity contribution in [1.29, 1.82) is 0 Å². The summed E-state index contributed by atoms with van der Waals surface area (Å²) in [6.45, 7) is 8.26. The molecule has 0 aliphatic carbocycles. The highest BCUT2D eigenvalue weighted by Crippen LogP contribution is 2.21. The van der Waals surface area contributed by atoms with Crippen molar-refractivity contribution < 1.29 is 4.79 Å². The molecular formula is C19H25N5O2S2. The third-order valence-corrected chi connectivity index (χ3v) is 7.36. The lowest BCUT2D eigenvalue weighted by Crippen LogP contribution is -2.49. The minimum absolute atomic E-state index is 0.00824. The van der Waals surface area contributed by atoms with Crippen LogP contribution in [0.2, 0.25) is 0 Å². The molecule has 28 heavy (non-hydrogen) atoms. The van der Waals surface area contributed by atoms with Crippen LogP contribution in [0, 0.1) is 13.8 Å². The van der Waals surface area contributed by atoms with Crippen LogP contribution in [0.5, 0.6) is 0 Å². The Labute approximate surface area is 172 Å². The monoisotopic (exact) mass is 419 g/mol. The van der Waals surface area contributed by atoms with Gasteiger partial charge in [-0.1, -0.05) is 0 Å². The topological polar surface area (TPSA) is 71.3 Å². The Morgan fingerprint density at radius 1 is 1.18 bits per heavy atom. The fourth-order valence-corrected chi connectivity index (χ4v) is 5.54. The summed E-state index contributed by atoms with van der Waals surface area (Å²) in [7, 11) is 0. The van der Waals surface area contributed by atoms with Crippen molar-refractivity contribution in [2.45, 2.75) is 32.6 Å². The van der Waals surface area contributed by atoms with Crippen molar-refractivity contribution in [3.63, 3.8) is 0 Å². The van der Waals surface area contributed by atoms with Crippen LogP contribution in [0.4, 0.5) is 0 Å². The van der Waals surface area contributed by atoms with Gasteiger partial charge in [0.1, 0.15) is 4.88 Å². The van der Waals surface area contributed by atoms with Gasteiger partial charge in [0, 0.05) is 51.0 Å². The zero-order valence-electron chi connectivity index (χ0n) is 16.3. The molecule has 2 aliphatic rings. The molecule has 0 atom stereocenters. The molecule has 0 saturated carbocycles. The average Bonchev–Trinajstić information content (AvgIpc) is 3.04. The number of hydrogen-bond acceptors (Lipinski definition) is 7. The first-order chi connectivity index (χ1) is 13.5. The van der Waals surface area contributed by atoms with E-state index in [2.05, 4.69) is 15.0 Å². The Morgan fingerprint density at radius 2 is 1.96 bits per heavy atom. The highest BCUT2D eigenvalue weighted by Gasteiger charge is 2.25. The number of thioether (sulfide) groups is 1. The summed E-state index contributed by atoms with van der Waals surface area (Å²) in [6, 6.07) is 1.75. The lowest BCUT2D eigenvalue weighted by molar-refractivity contribution is 0.0635. The number of carbonyl (C=O) groups excluding carboxylic acids is 1. The van der Waals surface area contributed by atoms with Crippen molar-refractivity contribution in [3.8, 4) is 0 Å². The first-order valence-corrected chi connectivity index (χ1v) is 11.6. The van der Waals surface area contributed by atoms with Crippen LogP contribution in [-0.4, -0.2) is 68.9 Å². The number of aryl methyl sites for hydroxylation is 3. The zero-order valence-corrected chi connectivity index (χ0v) is 17.9. The molecule has 4 rings (SSSR count). The average molecular weight is 420 g/mol. The molecule has 0 bridgehead atoms. The molecule has 0 aromatic carbocycles. The molecule has 0 radical (unpaired) electrons. The van der Waals surface area contributed by atoms with Crippen LogP contribution in [0.1, 0.15) is 31.6 Å². The van der Waals surface area contributed by atoms with Crippen LogP contribution >= 0.6 is 23.1 Å². The molecule has 1 fully saturated rings. The molecule has 4 heterocycles. The Hall–Kier alpha value is -1.71. The highest BCUT2D eigenvalue weighted by molar-refractivity contribution is 7.98. The number of amides is 1. The summed E-state index contributed by atoms with van der Waals surface area (Å²) in [4.78, 5) is 34.4. The van der Waals surface area contributed by atoms with Gasteiger partial charge < -0.3 is 4.90 Å². The summed E-state index contributed by atoms with van der Waals surface area (Å²) in [5.74, 6) is 2.06. The van der Waals surface area contributed by atoms with Gasteiger partial charge in [-0.15, -0.1) is 11.3 Å². The van der Waals surface area contributed by atoms with Gasteiger partial charge in [0.05, 0.1) is 22.9 Å². The van der Waals surface area contributed by atoms with Crippen LogP contribution in [0.25, 0.3) is 0 Å². The number of hydrogen-bond donors (Lipinski definition) is 0. The van der Waals surface area contributed by atoms with E-state index in [1.165, 1.54) is 11.3 Å². The molecule has 9 heteroatoms. The third-order valence-electron chi connectivity index (χ3n) is 5.29. The molecule has 150 valence electrons. The van der Waals surface area contributed by atoms with Crippen molar-refractivity contribution in [1.82, 2.24) is 24.6 Å². The lowest BCUT2D eigenvalue weighted by Gasteiger charge is -2.34. The quantitative estimate of drug-likeness (QED) is 0.749. The third kappa shape index (κ3) is 4.16. The number of carbonyl (C=O) groups is 1. The summed E-state index contributed by atoms with van der Waals surface area (Å²) in [5, 5.41) is 5.52. The number of fused-ring (bicyclic) bond motifs is 1. The summed E-state index contributed by atoms with van der Waals surface area (Å²) >= 11 is 3.33. The number of rotatable bonds is 4. The van der Waals surface area contributed by atoms with E-state index in [0.717, 1.165) is 64.4 Å². The van der Waals surface area contributed by atoms with Gasteiger partial charge in [0.25, 0.3) is 11.5 Å². The largest absolute Gasteiger partial charge is 0.335 e. The molecule has 2 aromatic rings. The fraction of sp³-hybridized carbons (Fsp3) is 0.579. The molecule has 2 aliphatic heterocycles. The minimum Gasteiger partial charge on any atom is -0.335 e. The predicted octanol–water partition coefficient (Wildman–Crippen LogP) is 1.56. The molecule has 1 amide bonds. The second-order valence-electron chi connectivity index (χ2n) is 7.26. The Bertz CT molecular complexity index is 931. The van der Waals surface area contributed by atoms with E-state index in [1.54, 1.807) is 10.7 Å². The molecule has 2 aromatic heterocycles. The summed E-state index contributed by atoms with van der Waals surface area (Å²) < 4.78 is 1.61. The van der Waals surface area contributed by atoms with Crippen molar-refractivity contribution in [2.24, 2.45) is 0 Å². The standard InChI is InChI=1S/C19H25N5O2S2/c1-13-18(28-14(2)20-13)19(26)23-7-4-22(5-8-23)6-9-24-17(25)11-15-12-27-10-3-16(15)21-24/h11H,3-10,12H2,1-2H3. The first-order valence-electron chi connectivity index (χ1n) is 9.64. The maximum atomic E-state index is 12.7. The van der Waals surface area contributed by atoms with Crippen molar-refractivity contribution in [2.75, 3.05) is 38.5 Å². The SMILES string of the molecule is Cc1nc(C)c(C(=O)N2CCN(CCn3nc4c(cc3=O)CSCC4)CC2)s1. The van der Waals surface area contributed by atoms with E-state index >= 15 is 0 Å². The van der Waals surface area contributed by atoms with Crippen LogP contribution in [0.15, 0.2) is 10.9 Å². The normalized spacial score (nSPS) is 17.6. The predicted molar refractivity (Wildman–Crippen MR) is 112 cm³/mol. The first kappa shape index (κ1) is 19.6. The maximum Gasteiger partial charge on any atom is 0.267 e. The van der Waals surface area contributed by atoms with E-state index in [-0.39, 0.29) is 11.5 Å². The van der Waals surface area contributed by atoms with Gasteiger partial charge in [0.2, 0.25) is 0 Å².